The van der Waals surface area contributed by atoms with Gasteiger partial charge in [0.05, 0.1) is 12.2 Å². The van der Waals surface area contributed by atoms with Gasteiger partial charge in [0.1, 0.15) is 0 Å². The molecule has 2 nitrogen and oxygen atoms in total. The fourth-order valence-corrected chi connectivity index (χ4v) is 10.1. The van der Waals surface area contributed by atoms with Crippen LogP contribution in [0.5, 0.6) is 0 Å². The van der Waals surface area contributed by atoms with Crippen molar-refractivity contribution in [2.75, 3.05) is 6.16 Å². The Morgan fingerprint density at radius 2 is 0.886 bits per heavy atom. The van der Waals surface area contributed by atoms with Gasteiger partial charge in [-0.1, -0.05) is 135 Å². The van der Waals surface area contributed by atoms with Crippen molar-refractivity contribution in [2.45, 2.75) is 31.7 Å². The van der Waals surface area contributed by atoms with Crippen LogP contribution in [0.3, 0.4) is 0 Å². The number of aliphatic hydroxyl groups excluding tert-OH is 2. The summed E-state index contributed by atoms with van der Waals surface area (Å²) >= 11 is 0. The number of benzene rings is 4. The minimum Gasteiger partial charge on any atom is -0.390 e. The Balaban J connectivity index is 1.67. The third kappa shape index (κ3) is 6.46. The first-order chi connectivity index (χ1) is 17.1. The molecule has 0 bridgehead atoms. The van der Waals surface area contributed by atoms with Crippen LogP contribution in [0.15, 0.2) is 121 Å². The van der Waals surface area contributed by atoms with E-state index < -0.39 is 28.1 Å². The maximum Gasteiger partial charge on any atom is 0.0878 e. The van der Waals surface area contributed by atoms with Crippen molar-refractivity contribution in [2.24, 2.45) is 5.92 Å². The summed E-state index contributed by atoms with van der Waals surface area (Å²) in [5.74, 6) is 0.200. The van der Waals surface area contributed by atoms with Crippen molar-refractivity contribution in [1.82, 2.24) is 0 Å². The van der Waals surface area contributed by atoms with Crippen LogP contribution in [0.2, 0.25) is 0 Å². The van der Waals surface area contributed by atoms with Gasteiger partial charge in [0.25, 0.3) is 0 Å². The van der Waals surface area contributed by atoms with E-state index in [1.165, 1.54) is 21.2 Å². The second kappa shape index (κ2) is 12.6. The molecule has 35 heavy (non-hydrogen) atoms. The summed E-state index contributed by atoms with van der Waals surface area (Å²) in [6.07, 6.45) is -1.13. The molecule has 0 aromatic heterocycles. The van der Waals surface area contributed by atoms with Gasteiger partial charge in [-0.05, 0) is 43.0 Å². The Morgan fingerprint density at radius 3 is 1.23 bits per heavy atom. The predicted molar refractivity (Wildman–Crippen MR) is 154 cm³/mol. The monoisotopic (exact) mass is 500 g/mol. The van der Waals surface area contributed by atoms with Gasteiger partial charge in [-0.3, -0.25) is 0 Å². The van der Waals surface area contributed by atoms with Gasteiger partial charge in [0, 0.05) is 11.8 Å². The lowest BCUT2D eigenvalue weighted by molar-refractivity contribution is 0.0248. The van der Waals surface area contributed by atoms with Crippen molar-refractivity contribution < 1.29 is 10.2 Å². The molecule has 0 aliphatic heterocycles. The average molecular weight is 501 g/mol. The molecule has 0 saturated carbocycles. The smallest absolute Gasteiger partial charge is 0.0878 e. The molecule has 0 aliphatic rings. The van der Waals surface area contributed by atoms with Crippen LogP contribution >= 0.6 is 15.8 Å². The van der Waals surface area contributed by atoms with E-state index in [1.54, 1.807) is 0 Å². The van der Waals surface area contributed by atoms with E-state index in [0.29, 0.717) is 6.16 Å². The number of aliphatic hydroxyl groups is 2. The molecule has 4 heteroatoms. The summed E-state index contributed by atoms with van der Waals surface area (Å²) in [4.78, 5) is 0. The van der Waals surface area contributed by atoms with Crippen LogP contribution < -0.4 is 21.2 Å². The quantitative estimate of drug-likeness (QED) is 0.301. The van der Waals surface area contributed by atoms with Gasteiger partial charge in [0.2, 0.25) is 0 Å². The molecule has 0 saturated heterocycles. The van der Waals surface area contributed by atoms with Crippen molar-refractivity contribution in [1.29, 1.82) is 0 Å². The normalized spacial score (nSPS) is 14.3. The number of rotatable bonds is 10. The highest BCUT2D eigenvalue weighted by Gasteiger charge is 2.37. The Bertz CT molecular complexity index is 1060. The van der Waals surface area contributed by atoms with E-state index in [4.69, 9.17) is 0 Å². The molecular weight excluding hydrogens is 466 g/mol. The standard InChI is InChI=1S/C31H34O2P2/c1-24(2)31(35(27-19-11-5-12-20-27)28-21-13-6-14-22-28)30(33)29(32)23-34(25-15-7-3-8-16-25)26-17-9-4-10-18-26/h3-22,24,29-33H,23H2,1-2H3. The summed E-state index contributed by atoms with van der Waals surface area (Å²) in [5.41, 5.74) is -0.0757. The van der Waals surface area contributed by atoms with Gasteiger partial charge >= 0.3 is 0 Å². The van der Waals surface area contributed by atoms with Crippen LogP contribution in [0.1, 0.15) is 13.8 Å². The summed E-state index contributed by atoms with van der Waals surface area (Å²) in [6, 6.07) is 41.8. The fourth-order valence-electron chi connectivity index (χ4n) is 4.61. The van der Waals surface area contributed by atoms with E-state index in [1.807, 2.05) is 24.3 Å². The molecule has 0 radical (unpaired) electrons. The second-order valence-electron chi connectivity index (χ2n) is 9.12. The molecule has 0 heterocycles. The first kappa shape index (κ1) is 25.7. The molecule has 4 rings (SSSR count). The van der Waals surface area contributed by atoms with E-state index in [2.05, 4.69) is 111 Å². The highest BCUT2D eigenvalue weighted by molar-refractivity contribution is 7.74. The topological polar surface area (TPSA) is 40.5 Å². The van der Waals surface area contributed by atoms with Gasteiger partial charge in [-0.15, -0.1) is 0 Å². The van der Waals surface area contributed by atoms with Gasteiger partial charge < -0.3 is 10.2 Å². The summed E-state index contributed by atoms with van der Waals surface area (Å²) < 4.78 is 0. The van der Waals surface area contributed by atoms with E-state index in [0.717, 1.165) is 0 Å². The second-order valence-corrected chi connectivity index (χ2v) is 13.7. The number of hydrogen-bond donors (Lipinski definition) is 2. The van der Waals surface area contributed by atoms with Crippen LogP contribution in [0, 0.1) is 5.92 Å². The first-order valence-corrected chi connectivity index (χ1v) is 15.1. The molecule has 3 unspecified atom stereocenters. The van der Waals surface area contributed by atoms with Crippen LogP contribution in [-0.4, -0.2) is 34.2 Å². The lowest BCUT2D eigenvalue weighted by atomic mass is 10.0. The van der Waals surface area contributed by atoms with Crippen LogP contribution in [0.4, 0.5) is 0 Å². The molecule has 4 aromatic carbocycles. The maximum atomic E-state index is 11.8. The molecule has 0 spiro atoms. The Kier molecular flexibility index (Phi) is 9.25. The van der Waals surface area contributed by atoms with E-state index >= 15 is 0 Å². The molecule has 4 aromatic rings. The lowest BCUT2D eigenvalue weighted by Crippen LogP contribution is -2.44. The highest BCUT2D eigenvalue weighted by Crippen LogP contribution is 2.46. The first-order valence-electron chi connectivity index (χ1n) is 12.2. The van der Waals surface area contributed by atoms with Gasteiger partial charge in [0.15, 0.2) is 0 Å². The number of hydrogen-bond acceptors (Lipinski definition) is 2. The summed E-state index contributed by atoms with van der Waals surface area (Å²) in [5, 5.41) is 28.2. The van der Waals surface area contributed by atoms with Crippen molar-refractivity contribution in [3.8, 4) is 0 Å². The van der Waals surface area contributed by atoms with Crippen molar-refractivity contribution in [3.63, 3.8) is 0 Å². The van der Waals surface area contributed by atoms with Crippen LogP contribution in [-0.2, 0) is 0 Å². The molecule has 0 fully saturated rings. The van der Waals surface area contributed by atoms with E-state index in [-0.39, 0.29) is 11.6 Å². The van der Waals surface area contributed by atoms with Crippen molar-refractivity contribution >= 4 is 37.1 Å². The third-order valence-corrected chi connectivity index (χ3v) is 12.1. The SMILES string of the molecule is CC(C)C(C(O)C(O)CP(c1ccccc1)c1ccccc1)P(c1ccccc1)c1ccccc1. The zero-order valence-corrected chi connectivity index (χ0v) is 22.1. The summed E-state index contributed by atoms with van der Waals surface area (Å²) in [7, 11) is -1.66. The average Bonchev–Trinajstić information content (AvgIpc) is 2.91. The van der Waals surface area contributed by atoms with Crippen molar-refractivity contribution in [3.05, 3.63) is 121 Å². The summed E-state index contributed by atoms with van der Waals surface area (Å²) in [6.45, 7) is 4.33. The largest absolute Gasteiger partial charge is 0.390 e. The molecule has 3 atom stereocenters. The Labute approximate surface area is 212 Å². The highest BCUT2D eigenvalue weighted by atomic mass is 31.1. The Morgan fingerprint density at radius 1 is 0.543 bits per heavy atom. The zero-order chi connectivity index (χ0) is 24.6. The van der Waals surface area contributed by atoms with Crippen LogP contribution in [0.25, 0.3) is 0 Å². The lowest BCUT2D eigenvalue weighted by Gasteiger charge is -2.38. The van der Waals surface area contributed by atoms with Gasteiger partial charge in [-0.25, -0.2) is 0 Å². The predicted octanol–water partition coefficient (Wildman–Crippen LogP) is 5.00. The third-order valence-electron chi connectivity index (χ3n) is 6.30. The molecule has 0 aliphatic carbocycles. The molecule has 0 amide bonds. The molecular formula is C31H34O2P2. The minimum atomic E-state index is -0.862. The van der Waals surface area contributed by atoms with E-state index in [9.17, 15) is 10.2 Å². The zero-order valence-electron chi connectivity index (χ0n) is 20.4. The minimum absolute atomic E-state index is 0.0757. The molecule has 2 N–H and O–H groups in total. The molecule has 180 valence electrons. The van der Waals surface area contributed by atoms with Gasteiger partial charge in [-0.2, -0.15) is 0 Å². The fraction of sp³-hybridized carbons (Fsp3) is 0.226. The maximum absolute atomic E-state index is 11.8. The Hall–Kier alpha value is -2.34.